The smallest absolute Gasteiger partial charge is 0.139 e. The van der Waals surface area contributed by atoms with E-state index in [1.54, 1.807) is 0 Å². The van der Waals surface area contributed by atoms with Gasteiger partial charge >= 0.3 is 0 Å². The van der Waals surface area contributed by atoms with E-state index in [0.29, 0.717) is 6.04 Å². The van der Waals surface area contributed by atoms with Crippen LogP contribution in [0.2, 0.25) is 0 Å². The number of anilines is 1. The minimum atomic E-state index is 0.367. The van der Waals surface area contributed by atoms with E-state index in [1.165, 1.54) is 47.1 Å². The molecule has 1 aliphatic carbocycles. The summed E-state index contributed by atoms with van der Waals surface area (Å²) in [5.41, 5.74) is 2.75. The molecule has 0 bridgehead atoms. The first-order valence-corrected chi connectivity index (χ1v) is 9.64. The monoisotopic (exact) mass is 337 g/mol. The van der Waals surface area contributed by atoms with Crippen molar-refractivity contribution in [3.63, 3.8) is 0 Å². The molecule has 4 heteroatoms. The zero-order valence-corrected chi connectivity index (χ0v) is 15.1. The Hall–Kier alpha value is -1.94. The van der Waals surface area contributed by atoms with Crippen molar-refractivity contribution in [3.8, 4) is 0 Å². The van der Waals surface area contributed by atoms with Crippen LogP contribution < -0.4 is 5.32 Å². The molecule has 0 fully saturated rings. The Morgan fingerprint density at radius 2 is 1.88 bits per heavy atom. The summed E-state index contributed by atoms with van der Waals surface area (Å²) in [5, 5.41) is 4.84. The summed E-state index contributed by atoms with van der Waals surface area (Å²) in [4.78, 5) is 12.5. The van der Waals surface area contributed by atoms with Gasteiger partial charge in [0.25, 0.3) is 0 Å². The normalized spacial score (nSPS) is 14.1. The molecule has 0 atom stereocenters. The van der Waals surface area contributed by atoms with E-state index in [-0.39, 0.29) is 0 Å². The van der Waals surface area contributed by atoms with E-state index < -0.39 is 0 Å². The lowest BCUT2D eigenvalue weighted by molar-refractivity contribution is 0.700. The van der Waals surface area contributed by atoms with Crippen LogP contribution in [0.5, 0.6) is 0 Å². The van der Waals surface area contributed by atoms with Crippen LogP contribution in [0.15, 0.2) is 30.3 Å². The Morgan fingerprint density at radius 1 is 1.08 bits per heavy atom. The maximum absolute atomic E-state index is 4.91. The summed E-state index contributed by atoms with van der Waals surface area (Å²) in [7, 11) is 0. The number of fused-ring (bicyclic) bond motifs is 3. The lowest BCUT2D eigenvalue weighted by Gasteiger charge is -2.15. The summed E-state index contributed by atoms with van der Waals surface area (Å²) < 4.78 is 0. The van der Waals surface area contributed by atoms with E-state index >= 15 is 0 Å². The number of hydrogen-bond donors (Lipinski definition) is 1. The fourth-order valence-corrected chi connectivity index (χ4v) is 4.72. The minimum Gasteiger partial charge on any atom is -0.367 e. The Balaban J connectivity index is 1.81. The number of aromatic nitrogens is 2. The molecule has 0 amide bonds. The number of benzene rings is 1. The van der Waals surface area contributed by atoms with Crippen LogP contribution in [0.4, 0.5) is 5.82 Å². The van der Waals surface area contributed by atoms with Crippen LogP contribution in [-0.2, 0) is 19.3 Å². The first-order valence-electron chi connectivity index (χ1n) is 8.82. The Morgan fingerprint density at radius 3 is 2.67 bits per heavy atom. The molecular weight excluding hydrogens is 314 g/mol. The third kappa shape index (κ3) is 3.03. The van der Waals surface area contributed by atoms with Gasteiger partial charge in [-0.15, -0.1) is 11.3 Å². The van der Waals surface area contributed by atoms with Gasteiger partial charge in [-0.2, -0.15) is 0 Å². The lowest BCUT2D eigenvalue weighted by Crippen LogP contribution is -2.13. The number of thiophene rings is 1. The highest BCUT2D eigenvalue weighted by atomic mass is 32.1. The molecule has 24 heavy (non-hydrogen) atoms. The fraction of sp³-hybridized carbons (Fsp3) is 0.400. The lowest BCUT2D eigenvalue weighted by atomic mass is 9.97. The van der Waals surface area contributed by atoms with Gasteiger partial charge in [0.05, 0.1) is 5.39 Å². The summed E-state index contributed by atoms with van der Waals surface area (Å²) in [5.74, 6) is 1.94. The van der Waals surface area contributed by atoms with Gasteiger partial charge < -0.3 is 5.32 Å². The van der Waals surface area contributed by atoms with Gasteiger partial charge in [-0.3, -0.25) is 0 Å². The van der Waals surface area contributed by atoms with Gasteiger partial charge in [0, 0.05) is 17.3 Å². The Labute approximate surface area is 147 Å². The van der Waals surface area contributed by atoms with Crippen molar-refractivity contribution < 1.29 is 0 Å². The highest BCUT2D eigenvalue weighted by Gasteiger charge is 2.21. The quantitative estimate of drug-likeness (QED) is 0.729. The Kier molecular flexibility index (Phi) is 4.23. The van der Waals surface area contributed by atoms with Crippen molar-refractivity contribution >= 4 is 27.4 Å². The van der Waals surface area contributed by atoms with Gasteiger partial charge in [-0.25, -0.2) is 9.97 Å². The first kappa shape index (κ1) is 15.6. The molecule has 0 radical (unpaired) electrons. The molecule has 2 heterocycles. The molecule has 3 aromatic rings. The van der Waals surface area contributed by atoms with Crippen molar-refractivity contribution in [2.75, 3.05) is 5.32 Å². The number of hydrogen-bond acceptors (Lipinski definition) is 4. The average molecular weight is 337 g/mol. The molecule has 0 unspecified atom stereocenters. The van der Waals surface area contributed by atoms with Crippen LogP contribution in [-0.4, -0.2) is 16.0 Å². The summed E-state index contributed by atoms with van der Waals surface area (Å²) in [6, 6.07) is 10.8. The van der Waals surface area contributed by atoms with Crippen molar-refractivity contribution in [3.05, 3.63) is 52.2 Å². The van der Waals surface area contributed by atoms with Gasteiger partial charge in [0.1, 0.15) is 16.5 Å². The molecule has 1 aliphatic rings. The van der Waals surface area contributed by atoms with E-state index in [9.17, 15) is 0 Å². The van der Waals surface area contributed by atoms with Crippen molar-refractivity contribution in [2.45, 2.75) is 52.0 Å². The third-order valence-electron chi connectivity index (χ3n) is 4.49. The van der Waals surface area contributed by atoms with Gasteiger partial charge in [-0.05, 0) is 50.7 Å². The maximum Gasteiger partial charge on any atom is 0.139 e. The maximum atomic E-state index is 4.91. The predicted molar refractivity (Wildman–Crippen MR) is 102 cm³/mol. The Bertz CT molecular complexity index is 852. The number of aryl methyl sites for hydroxylation is 2. The highest BCUT2D eigenvalue weighted by molar-refractivity contribution is 7.19. The average Bonchev–Trinajstić information content (AvgIpc) is 2.93. The minimum absolute atomic E-state index is 0.367. The predicted octanol–water partition coefficient (Wildman–Crippen LogP) is 4.98. The molecule has 2 aromatic heterocycles. The van der Waals surface area contributed by atoms with Crippen LogP contribution in [0, 0.1) is 0 Å². The fourth-order valence-electron chi connectivity index (χ4n) is 3.44. The second kappa shape index (κ2) is 6.52. The SMILES string of the molecule is CC(C)Nc1nc(Cc2ccccc2)nc2sc3c(c12)CCCC3. The van der Waals surface area contributed by atoms with E-state index in [4.69, 9.17) is 9.97 Å². The topological polar surface area (TPSA) is 37.8 Å². The molecule has 3 nitrogen and oxygen atoms in total. The summed E-state index contributed by atoms with van der Waals surface area (Å²) in [6.07, 6.45) is 5.74. The molecule has 1 aromatic carbocycles. The van der Waals surface area contributed by atoms with Crippen molar-refractivity contribution in [2.24, 2.45) is 0 Å². The van der Waals surface area contributed by atoms with Crippen LogP contribution >= 0.6 is 11.3 Å². The zero-order chi connectivity index (χ0) is 16.5. The number of nitrogens with zero attached hydrogens (tertiary/aromatic N) is 2. The number of rotatable bonds is 4. The van der Waals surface area contributed by atoms with Gasteiger partial charge in [0.2, 0.25) is 0 Å². The van der Waals surface area contributed by atoms with Crippen molar-refractivity contribution in [1.82, 2.24) is 9.97 Å². The second-order valence-electron chi connectivity index (χ2n) is 6.84. The standard InChI is InChI=1S/C20H23N3S/c1-13(2)21-19-18-15-10-6-7-11-16(15)24-20(18)23-17(22-19)12-14-8-4-3-5-9-14/h3-5,8-9,13H,6-7,10-12H2,1-2H3,(H,21,22,23). The first-order chi connectivity index (χ1) is 11.7. The molecule has 0 spiro atoms. The third-order valence-corrected chi connectivity index (χ3v) is 5.68. The van der Waals surface area contributed by atoms with E-state index in [2.05, 4.69) is 43.4 Å². The second-order valence-corrected chi connectivity index (χ2v) is 7.92. The molecule has 4 rings (SSSR count). The van der Waals surface area contributed by atoms with E-state index in [0.717, 1.165) is 22.9 Å². The molecule has 0 aliphatic heterocycles. The highest BCUT2D eigenvalue weighted by Crippen LogP contribution is 2.38. The summed E-state index contributed by atoms with van der Waals surface area (Å²) in [6.45, 7) is 4.34. The van der Waals surface area contributed by atoms with Gasteiger partial charge in [0.15, 0.2) is 0 Å². The van der Waals surface area contributed by atoms with Crippen molar-refractivity contribution in [1.29, 1.82) is 0 Å². The van der Waals surface area contributed by atoms with Crippen LogP contribution in [0.25, 0.3) is 10.2 Å². The largest absolute Gasteiger partial charge is 0.367 e. The van der Waals surface area contributed by atoms with Crippen LogP contribution in [0.3, 0.4) is 0 Å². The number of nitrogens with one attached hydrogen (secondary N) is 1. The van der Waals surface area contributed by atoms with Crippen LogP contribution in [0.1, 0.15) is 48.5 Å². The zero-order valence-electron chi connectivity index (χ0n) is 14.3. The molecule has 124 valence electrons. The molecule has 0 saturated carbocycles. The molecular formula is C20H23N3S. The van der Waals surface area contributed by atoms with Gasteiger partial charge in [-0.1, -0.05) is 30.3 Å². The summed E-state index contributed by atoms with van der Waals surface area (Å²) >= 11 is 1.87. The molecule has 1 N–H and O–H groups in total. The van der Waals surface area contributed by atoms with E-state index in [1.807, 2.05) is 17.4 Å². The molecule has 0 saturated heterocycles.